The fourth-order valence-corrected chi connectivity index (χ4v) is 4.22. The Kier molecular flexibility index (Phi) is 9.31. The first-order valence-corrected chi connectivity index (χ1v) is 13.1. The van der Waals surface area contributed by atoms with Crippen molar-refractivity contribution in [2.24, 2.45) is 5.73 Å². The number of aromatic nitrogens is 2. The van der Waals surface area contributed by atoms with Gasteiger partial charge in [-0.25, -0.2) is 9.97 Å². The van der Waals surface area contributed by atoms with Crippen LogP contribution < -0.4 is 25.8 Å². The number of carbonyl (C=O) groups excluding carboxylic acids is 2. The normalized spacial score (nSPS) is 12.2. The molecule has 0 spiro atoms. The van der Waals surface area contributed by atoms with E-state index in [9.17, 15) is 22.8 Å². The predicted octanol–water partition coefficient (Wildman–Crippen LogP) is 5.31. The number of ether oxygens (including phenoxy) is 2. The van der Waals surface area contributed by atoms with Crippen LogP contribution in [0.25, 0.3) is 22.4 Å². The molecule has 2 amide bonds. The first-order chi connectivity index (χ1) is 20.0. The monoisotopic (exact) mass is 585 g/mol. The Labute approximate surface area is 239 Å². The number of nitrogens with one attached hydrogen (secondary N) is 2. The van der Waals surface area contributed by atoms with E-state index in [0.29, 0.717) is 17.9 Å². The molecule has 0 aliphatic carbocycles. The van der Waals surface area contributed by atoms with Gasteiger partial charge in [0.05, 0.1) is 26.3 Å². The highest BCUT2D eigenvalue weighted by Gasteiger charge is 2.33. The molecule has 42 heavy (non-hydrogen) atoms. The van der Waals surface area contributed by atoms with E-state index in [2.05, 4.69) is 20.6 Å². The van der Waals surface area contributed by atoms with Crippen molar-refractivity contribution in [3.05, 3.63) is 65.7 Å². The topological polar surface area (TPSA) is 142 Å². The highest BCUT2D eigenvalue weighted by Crippen LogP contribution is 2.37. The molecule has 13 heteroatoms. The third-order valence-electron chi connectivity index (χ3n) is 6.25. The molecule has 4 rings (SSSR count). The van der Waals surface area contributed by atoms with Crippen LogP contribution >= 0.6 is 0 Å². The number of halogens is 3. The smallest absolute Gasteiger partial charge is 0.433 e. The van der Waals surface area contributed by atoms with E-state index in [1.54, 1.807) is 30.3 Å². The number of anilines is 1. The molecule has 0 unspecified atom stereocenters. The number of amides is 2. The number of methoxy groups -OCH3 is 1. The van der Waals surface area contributed by atoms with Crippen molar-refractivity contribution in [2.75, 3.05) is 19.0 Å². The second kappa shape index (κ2) is 12.9. The van der Waals surface area contributed by atoms with E-state index in [-0.39, 0.29) is 58.8 Å². The van der Waals surface area contributed by atoms with E-state index in [0.717, 1.165) is 12.5 Å². The number of carbonyl (C=O) groups is 2. The number of pyridine rings is 1. The van der Waals surface area contributed by atoms with Crippen molar-refractivity contribution >= 4 is 28.4 Å². The van der Waals surface area contributed by atoms with Gasteiger partial charge in [-0.1, -0.05) is 13.3 Å². The number of nitrogens with two attached hydrogens (primary N) is 1. The summed E-state index contributed by atoms with van der Waals surface area (Å²) in [6, 6.07) is 11.8. The zero-order valence-corrected chi connectivity index (χ0v) is 23.2. The molecule has 4 N–H and O–H groups in total. The second-order valence-corrected chi connectivity index (χ2v) is 9.37. The summed E-state index contributed by atoms with van der Waals surface area (Å²) in [4.78, 5) is 33.4. The van der Waals surface area contributed by atoms with Gasteiger partial charge in [0.2, 0.25) is 11.8 Å². The Balaban J connectivity index is 1.60. The highest BCUT2D eigenvalue weighted by molar-refractivity contribution is 6.00. The minimum absolute atomic E-state index is 0.0287. The lowest BCUT2D eigenvalue weighted by atomic mass is 10.1. The standard InChI is InChI=1S/C29H30F3N5O5/c1-4-5-16(2)41-21-12-10-20(19-11-13-23(29(30,31)32)36-25(19)21)28-37-26(22(14-33)42-28)27(39)34-15-24(38)35-17-6-8-18(40-3)9-7-17/h6-13,16H,4-5,14-15,33H2,1-3H3,(H,34,39)(H,35,38)/t16-/m0/s1. The molecule has 0 radical (unpaired) electrons. The average molecular weight is 586 g/mol. The number of hydrogen-bond donors (Lipinski definition) is 3. The Hall–Kier alpha value is -4.65. The molecular weight excluding hydrogens is 555 g/mol. The molecule has 4 aromatic rings. The molecule has 2 aromatic heterocycles. The number of fused-ring (bicyclic) bond motifs is 1. The van der Waals surface area contributed by atoms with Crippen molar-refractivity contribution in [3.63, 3.8) is 0 Å². The average Bonchev–Trinajstić information content (AvgIpc) is 3.40. The summed E-state index contributed by atoms with van der Waals surface area (Å²) in [6.07, 6.45) is -3.41. The van der Waals surface area contributed by atoms with E-state index in [1.807, 2.05) is 13.8 Å². The molecule has 0 bridgehead atoms. The molecular formula is C29H30F3N5O5. The second-order valence-electron chi connectivity index (χ2n) is 9.37. The molecule has 0 fully saturated rings. The summed E-state index contributed by atoms with van der Waals surface area (Å²) in [6.45, 7) is 3.23. The number of hydrogen-bond acceptors (Lipinski definition) is 8. The van der Waals surface area contributed by atoms with Gasteiger partial charge in [0.25, 0.3) is 5.91 Å². The van der Waals surface area contributed by atoms with Crippen LogP contribution in [-0.2, 0) is 17.5 Å². The maximum Gasteiger partial charge on any atom is 0.433 e. The molecule has 222 valence electrons. The maximum absolute atomic E-state index is 13.5. The largest absolute Gasteiger partial charge is 0.497 e. The van der Waals surface area contributed by atoms with E-state index in [1.165, 1.54) is 19.2 Å². The molecule has 0 aliphatic rings. The summed E-state index contributed by atoms with van der Waals surface area (Å²) in [5, 5.41) is 5.40. The Morgan fingerprint density at radius 3 is 2.45 bits per heavy atom. The van der Waals surface area contributed by atoms with Crippen LogP contribution in [0.3, 0.4) is 0 Å². The Morgan fingerprint density at radius 2 is 1.81 bits per heavy atom. The third-order valence-corrected chi connectivity index (χ3v) is 6.25. The molecule has 10 nitrogen and oxygen atoms in total. The zero-order valence-electron chi connectivity index (χ0n) is 23.2. The first-order valence-electron chi connectivity index (χ1n) is 13.1. The minimum Gasteiger partial charge on any atom is -0.497 e. The lowest BCUT2D eigenvalue weighted by molar-refractivity contribution is -0.141. The SMILES string of the molecule is CCC[C@H](C)Oc1ccc(-c2nc(C(=O)NCC(=O)Nc3ccc(OC)cc3)c(CN)o2)c2ccc(C(F)(F)F)nc12. The Bertz CT molecular complexity index is 1570. The van der Waals surface area contributed by atoms with Crippen molar-refractivity contribution in [1.82, 2.24) is 15.3 Å². The van der Waals surface area contributed by atoms with Crippen LogP contribution in [0.5, 0.6) is 11.5 Å². The zero-order chi connectivity index (χ0) is 30.4. The molecule has 2 aromatic carbocycles. The van der Waals surface area contributed by atoms with Crippen molar-refractivity contribution in [1.29, 1.82) is 0 Å². The molecule has 0 saturated heterocycles. The van der Waals surface area contributed by atoms with Gasteiger partial charge in [0.1, 0.15) is 22.7 Å². The third kappa shape index (κ3) is 6.97. The fourth-order valence-electron chi connectivity index (χ4n) is 4.22. The van der Waals surface area contributed by atoms with Crippen LogP contribution in [0, 0.1) is 0 Å². The number of oxazole rings is 1. The minimum atomic E-state index is -4.67. The first kappa shape index (κ1) is 30.3. The number of rotatable bonds is 11. The van der Waals surface area contributed by atoms with Gasteiger partial charge in [-0.2, -0.15) is 13.2 Å². The lowest BCUT2D eigenvalue weighted by Crippen LogP contribution is -2.33. The van der Waals surface area contributed by atoms with Crippen LogP contribution in [0.15, 0.2) is 52.9 Å². The lowest BCUT2D eigenvalue weighted by Gasteiger charge is -2.17. The van der Waals surface area contributed by atoms with Gasteiger partial charge in [-0.15, -0.1) is 0 Å². The van der Waals surface area contributed by atoms with E-state index < -0.39 is 23.7 Å². The maximum atomic E-state index is 13.5. The van der Waals surface area contributed by atoms with Crippen LogP contribution in [0.1, 0.15) is 48.6 Å². The van der Waals surface area contributed by atoms with Gasteiger partial charge in [-0.3, -0.25) is 9.59 Å². The fraction of sp³-hybridized carbons (Fsp3) is 0.310. The van der Waals surface area contributed by atoms with E-state index in [4.69, 9.17) is 19.6 Å². The summed E-state index contributed by atoms with van der Waals surface area (Å²) in [5.74, 6) is -0.435. The van der Waals surface area contributed by atoms with Crippen LogP contribution in [0.2, 0.25) is 0 Å². The summed E-state index contributed by atoms with van der Waals surface area (Å²) in [5.41, 5.74) is 5.31. The van der Waals surface area contributed by atoms with Gasteiger partial charge < -0.3 is 30.3 Å². The molecule has 0 saturated carbocycles. The summed E-state index contributed by atoms with van der Waals surface area (Å²) < 4.78 is 57.3. The number of alkyl halides is 3. The van der Waals surface area contributed by atoms with Gasteiger partial charge in [0, 0.05) is 16.6 Å². The van der Waals surface area contributed by atoms with Crippen molar-refractivity contribution < 1.29 is 36.7 Å². The van der Waals surface area contributed by atoms with E-state index >= 15 is 0 Å². The summed E-state index contributed by atoms with van der Waals surface area (Å²) >= 11 is 0. The van der Waals surface area contributed by atoms with Gasteiger partial charge >= 0.3 is 6.18 Å². The van der Waals surface area contributed by atoms with Gasteiger partial charge in [0.15, 0.2) is 11.5 Å². The molecule has 0 aliphatic heterocycles. The van der Waals surface area contributed by atoms with Gasteiger partial charge in [-0.05, 0) is 61.9 Å². The van der Waals surface area contributed by atoms with Crippen molar-refractivity contribution in [2.45, 2.75) is 45.5 Å². The van der Waals surface area contributed by atoms with Crippen LogP contribution in [-0.4, -0.2) is 41.5 Å². The quantitative estimate of drug-likeness (QED) is 0.215. The number of nitrogens with zero attached hydrogens (tertiary/aromatic N) is 2. The predicted molar refractivity (Wildman–Crippen MR) is 149 cm³/mol. The number of benzene rings is 2. The highest BCUT2D eigenvalue weighted by atomic mass is 19.4. The van der Waals surface area contributed by atoms with Crippen molar-refractivity contribution in [3.8, 4) is 23.0 Å². The molecule has 2 heterocycles. The molecule has 1 atom stereocenters. The summed E-state index contributed by atoms with van der Waals surface area (Å²) in [7, 11) is 1.52. The van der Waals surface area contributed by atoms with Crippen LogP contribution in [0.4, 0.5) is 18.9 Å². The Morgan fingerprint density at radius 1 is 1.07 bits per heavy atom.